The first kappa shape index (κ1) is 84.7. The largest absolute Gasteiger partial charge is 0.391 e. The maximum absolute atomic E-state index is 15.7. The molecule has 2 aliphatic rings. The van der Waals surface area contributed by atoms with Crippen LogP contribution >= 0.6 is 11.6 Å². The number of amides is 12. The summed E-state index contributed by atoms with van der Waals surface area (Å²) in [5, 5.41) is 19.8. The first-order valence-electron chi connectivity index (χ1n) is 34.9. The lowest BCUT2D eigenvalue weighted by Crippen LogP contribution is -2.63. The molecule has 0 spiro atoms. The van der Waals surface area contributed by atoms with Gasteiger partial charge in [-0.2, -0.15) is 0 Å². The van der Waals surface area contributed by atoms with Crippen LogP contribution in [0, 0.1) is 23.7 Å². The summed E-state index contributed by atoms with van der Waals surface area (Å²) >= 11 is 6.46. The maximum atomic E-state index is 15.7. The predicted molar refractivity (Wildman–Crippen MR) is 381 cm³/mol. The fourth-order valence-electron chi connectivity index (χ4n) is 12.6. The molecular formula is C73H115ClN12O14. The Morgan fingerprint density at radius 3 is 1.60 bits per heavy atom. The number of aliphatic hydroxyl groups excluding tert-OH is 1. The van der Waals surface area contributed by atoms with Crippen LogP contribution in [0.1, 0.15) is 140 Å². The molecule has 0 saturated carbocycles. The number of likely N-dealkylation sites (tertiary alicyclic amines) is 1. The summed E-state index contributed by atoms with van der Waals surface area (Å²) in [6.45, 7) is 21.7. The Balaban J connectivity index is 2.00. The van der Waals surface area contributed by atoms with Gasteiger partial charge in [-0.25, -0.2) is 0 Å². The third kappa shape index (κ3) is 23.2. The summed E-state index contributed by atoms with van der Waals surface area (Å²) in [6, 6.07) is 1.63. The minimum atomic E-state index is -1.68. The van der Waals surface area contributed by atoms with E-state index < -0.39 is 174 Å². The summed E-state index contributed by atoms with van der Waals surface area (Å²) in [5.41, 5.74) is 0.304. The minimum absolute atomic E-state index is 0.0614. The van der Waals surface area contributed by atoms with Crippen molar-refractivity contribution in [2.45, 2.75) is 213 Å². The molecule has 100 heavy (non-hydrogen) atoms. The fraction of sp³-hybridized carbons (Fsp3) is 0.671. The van der Waals surface area contributed by atoms with E-state index in [2.05, 4.69) is 16.0 Å². The average Bonchev–Trinajstić information content (AvgIpc) is 0.814. The number of hydrogen-bond acceptors (Lipinski definition) is 14. The van der Waals surface area contributed by atoms with E-state index in [1.54, 1.807) is 108 Å². The van der Waals surface area contributed by atoms with E-state index in [4.69, 9.17) is 16.3 Å². The van der Waals surface area contributed by atoms with Crippen molar-refractivity contribution in [2.75, 3.05) is 82.6 Å². The Morgan fingerprint density at radius 2 is 1.06 bits per heavy atom. The highest BCUT2D eigenvalue weighted by molar-refractivity contribution is 6.30. The molecule has 0 unspecified atom stereocenters. The molecule has 2 heterocycles. The Kier molecular flexibility index (Phi) is 32.0. The van der Waals surface area contributed by atoms with Gasteiger partial charge in [0.2, 0.25) is 70.9 Å². The summed E-state index contributed by atoms with van der Waals surface area (Å²) in [6.07, 6.45) is -0.0679. The molecule has 0 radical (unpaired) electrons. The molecule has 558 valence electrons. The van der Waals surface area contributed by atoms with E-state index in [1.807, 2.05) is 27.7 Å². The number of carbonyl (C=O) groups excluding carboxylic acids is 12. The SMILES string of the molecule is CC(C)C[C@H]1C(=O)N[C@@H](COC(C)(C)C)C(=O)N(C)[C@@H](Cc2ccccc2)C(=O)N(C)[C@@H](CC(C)C)C(=O)N(C)[C@H](C(=O)N2CCCCC2)CC(=O)N(C)[C@@H](C)C(=O)N(C)[C@@H](Cc2cccc(Cl)c2)C(=O)N[C@@H](C(C)C)C(=O)N(C)[C@@H](C(C)C)C(=O)N[C@@H]([C@@H](C)O)C(=O)N(C)CC(=O)N1C. The van der Waals surface area contributed by atoms with E-state index in [9.17, 15) is 33.9 Å². The molecule has 4 N–H and O–H groups in total. The Labute approximate surface area is 597 Å². The van der Waals surface area contributed by atoms with E-state index in [0.29, 0.717) is 42.1 Å². The van der Waals surface area contributed by atoms with Gasteiger partial charge in [0.1, 0.15) is 60.4 Å². The van der Waals surface area contributed by atoms with Crippen molar-refractivity contribution >= 4 is 82.5 Å². The summed E-state index contributed by atoms with van der Waals surface area (Å²) in [7, 11) is 11.0. The zero-order valence-corrected chi connectivity index (χ0v) is 63.8. The lowest BCUT2D eigenvalue weighted by molar-refractivity contribution is -0.156. The molecule has 4 rings (SSSR count). The number of rotatable bonds is 14. The van der Waals surface area contributed by atoms with Gasteiger partial charge >= 0.3 is 0 Å². The Bertz CT molecular complexity index is 3170. The number of ether oxygens (including phenoxy) is 1. The van der Waals surface area contributed by atoms with Crippen LogP contribution < -0.4 is 16.0 Å². The van der Waals surface area contributed by atoms with Crippen molar-refractivity contribution in [2.24, 2.45) is 23.7 Å². The van der Waals surface area contributed by atoms with Crippen molar-refractivity contribution < 1.29 is 67.4 Å². The van der Waals surface area contributed by atoms with E-state index in [-0.39, 0.29) is 37.5 Å². The number of nitrogens with zero attached hydrogens (tertiary/aromatic N) is 9. The molecule has 0 bridgehead atoms. The van der Waals surface area contributed by atoms with Gasteiger partial charge in [-0.3, -0.25) is 57.5 Å². The fourth-order valence-corrected chi connectivity index (χ4v) is 12.8. The van der Waals surface area contributed by atoms with E-state index in [0.717, 1.165) is 30.9 Å². The highest BCUT2D eigenvalue weighted by Crippen LogP contribution is 2.25. The van der Waals surface area contributed by atoms with Gasteiger partial charge in [-0.05, 0) is 114 Å². The predicted octanol–water partition coefficient (Wildman–Crippen LogP) is 3.86. The molecule has 2 aliphatic heterocycles. The van der Waals surface area contributed by atoms with Crippen LogP contribution in [0.2, 0.25) is 5.02 Å². The van der Waals surface area contributed by atoms with Crippen molar-refractivity contribution in [3.63, 3.8) is 0 Å². The average molecular weight is 1420 g/mol. The first-order valence-corrected chi connectivity index (χ1v) is 35.3. The van der Waals surface area contributed by atoms with Crippen LogP contribution in [0.5, 0.6) is 0 Å². The molecule has 2 aromatic carbocycles. The van der Waals surface area contributed by atoms with Crippen LogP contribution in [0.4, 0.5) is 0 Å². The lowest BCUT2D eigenvalue weighted by Gasteiger charge is -2.40. The first-order chi connectivity index (χ1) is 46.5. The van der Waals surface area contributed by atoms with Gasteiger partial charge in [-0.15, -0.1) is 0 Å². The van der Waals surface area contributed by atoms with Gasteiger partial charge in [0, 0.05) is 87.3 Å². The standard InChI is InChI=1S/C73H115ClN12O14/c1-43(2)35-53-63(90)75-52(42-100-73(11,12)13)67(94)82(18)56(38-49-29-24-22-25-30-49)69(96)83(19)55(36-44(3)4)68(95)84(20)57(70(97)86-33-26-23-27-34-86)40-58(88)79(15)47(9)66(93)81(17)54(39-50-31-28-32-51(74)37-50)64(91)76-60(45(5)6)72(99)85(21)62(46(7)8)65(92)77-61(48(10)87)71(98)78(14)41-59(89)80(53)16/h22,24-25,28-32,37,43-48,52-57,60-62,87H,23,26-27,33-36,38-42H2,1-21H3,(H,75,90)(H,76,91)(H,77,92)/t47-,48+,52-,53-,54-,55-,56-,57-,60-,61-,62-/m0/s1. The highest BCUT2D eigenvalue weighted by atomic mass is 35.5. The second-order valence-corrected chi connectivity index (χ2v) is 30.1. The van der Waals surface area contributed by atoms with Crippen LogP contribution in [-0.2, 0) is 75.1 Å². The molecule has 2 fully saturated rings. The molecule has 26 nitrogen and oxygen atoms in total. The second-order valence-electron chi connectivity index (χ2n) is 29.7. The number of likely N-dealkylation sites (N-methyl/N-ethyl adjacent to an activating group) is 8. The number of hydrogen-bond donors (Lipinski definition) is 4. The van der Waals surface area contributed by atoms with Gasteiger partial charge in [0.15, 0.2) is 0 Å². The van der Waals surface area contributed by atoms with Gasteiger partial charge in [0.05, 0.1) is 31.3 Å². The normalized spacial score (nSPS) is 25.4. The monoisotopic (exact) mass is 1420 g/mol. The number of nitrogens with one attached hydrogen (secondary N) is 3. The Hall–Kier alpha value is -7.71. The number of aliphatic hydroxyl groups is 1. The van der Waals surface area contributed by atoms with Gasteiger partial charge in [0.25, 0.3) is 0 Å². The summed E-state index contributed by atoms with van der Waals surface area (Å²) < 4.78 is 6.20. The molecule has 0 aromatic heterocycles. The van der Waals surface area contributed by atoms with Crippen LogP contribution in [0.3, 0.4) is 0 Å². The molecule has 2 aromatic rings. The number of benzene rings is 2. The molecule has 2 saturated heterocycles. The number of halogens is 1. The summed E-state index contributed by atoms with van der Waals surface area (Å²) in [5.74, 6) is -10.6. The van der Waals surface area contributed by atoms with E-state index in [1.165, 1.54) is 84.9 Å². The van der Waals surface area contributed by atoms with Crippen molar-refractivity contribution in [3.05, 3.63) is 70.7 Å². The topological polar surface area (TPSA) is 300 Å². The third-order valence-electron chi connectivity index (χ3n) is 18.9. The quantitative estimate of drug-likeness (QED) is 0.209. The van der Waals surface area contributed by atoms with Gasteiger partial charge < -0.3 is 69.9 Å². The Morgan fingerprint density at radius 1 is 0.540 bits per heavy atom. The summed E-state index contributed by atoms with van der Waals surface area (Å²) in [4.78, 5) is 191. The van der Waals surface area contributed by atoms with Crippen LogP contribution in [0.15, 0.2) is 54.6 Å². The minimum Gasteiger partial charge on any atom is -0.391 e. The van der Waals surface area contributed by atoms with Crippen molar-refractivity contribution in [1.82, 2.24) is 60.0 Å². The zero-order chi connectivity index (χ0) is 75.7. The zero-order valence-electron chi connectivity index (χ0n) is 63.0. The number of piperidine rings is 1. The molecule has 0 aliphatic carbocycles. The lowest BCUT2D eigenvalue weighted by atomic mass is 9.96. The number of carbonyl (C=O) groups is 12. The highest BCUT2D eigenvalue weighted by Gasteiger charge is 2.45. The second kappa shape index (κ2) is 37.8. The molecule has 11 atom stereocenters. The van der Waals surface area contributed by atoms with Crippen LogP contribution in [-0.4, -0.2) is 275 Å². The molecule has 27 heteroatoms. The molecular weight excluding hydrogens is 1300 g/mol. The maximum Gasteiger partial charge on any atom is 0.248 e. The van der Waals surface area contributed by atoms with E-state index >= 15 is 28.8 Å². The van der Waals surface area contributed by atoms with Crippen LogP contribution in [0.25, 0.3) is 0 Å². The smallest absolute Gasteiger partial charge is 0.248 e. The third-order valence-corrected chi connectivity index (χ3v) is 19.2. The molecule has 12 amide bonds. The van der Waals surface area contributed by atoms with Crippen molar-refractivity contribution in [1.29, 1.82) is 0 Å². The van der Waals surface area contributed by atoms with Crippen molar-refractivity contribution in [3.8, 4) is 0 Å². The van der Waals surface area contributed by atoms with Gasteiger partial charge in [-0.1, -0.05) is 109 Å².